The molecule has 0 aliphatic heterocycles. The predicted octanol–water partition coefficient (Wildman–Crippen LogP) is 2.58. The van der Waals surface area contributed by atoms with E-state index in [2.05, 4.69) is 10.4 Å². The van der Waals surface area contributed by atoms with E-state index >= 15 is 0 Å². The average molecular weight is 422 g/mol. The van der Waals surface area contributed by atoms with Crippen molar-refractivity contribution in [2.24, 2.45) is 0 Å². The molecule has 9 nitrogen and oxygen atoms in total. The number of hydrogen-bond donors (Lipinski definition) is 1. The normalized spacial score (nSPS) is 10.5. The first-order chi connectivity index (χ1) is 15.0. The highest BCUT2D eigenvalue weighted by Gasteiger charge is 2.08. The molecule has 0 spiro atoms. The number of benzene rings is 2. The van der Waals surface area contributed by atoms with Gasteiger partial charge >= 0.3 is 0 Å². The summed E-state index contributed by atoms with van der Waals surface area (Å²) in [5, 5.41) is 17.8. The number of amides is 1. The standard InChI is InChI=1S/C22H22N4O5/c1-2-31-19-9-5-17(6-10-19)20-11-12-22(28)25(24-20)14-13-23-21(27)15-16-3-7-18(8-4-16)26(29)30/h3-12H,2,13-15H2,1H3,(H,23,27). The summed E-state index contributed by atoms with van der Waals surface area (Å²) in [5.41, 5.74) is 1.86. The minimum absolute atomic E-state index is 0.0259. The van der Waals surface area contributed by atoms with Crippen molar-refractivity contribution in [3.05, 3.63) is 86.7 Å². The Kier molecular flexibility index (Phi) is 7.10. The van der Waals surface area contributed by atoms with Crippen LogP contribution in [0, 0.1) is 10.1 Å². The van der Waals surface area contributed by atoms with Gasteiger partial charge in [0.25, 0.3) is 11.2 Å². The molecule has 0 atom stereocenters. The summed E-state index contributed by atoms with van der Waals surface area (Å²) in [6, 6.07) is 16.3. The van der Waals surface area contributed by atoms with Gasteiger partial charge in [-0.2, -0.15) is 5.10 Å². The molecule has 3 aromatic rings. The molecule has 2 aromatic carbocycles. The zero-order chi connectivity index (χ0) is 22.2. The van der Waals surface area contributed by atoms with Crippen molar-refractivity contribution in [3.8, 4) is 17.0 Å². The van der Waals surface area contributed by atoms with E-state index in [0.717, 1.165) is 11.3 Å². The number of carbonyl (C=O) groups is 1. The summed E-state index contributed by atoms with van der Waals surface area (Å²) in [4.78, 5) is 34.4. The van der Waals surface area contributed by atoms with Crippen LogP contribution in [0.25, 0.3) is 11.3 Å². The maximum absolute atomic E-state index is 12.1. The third kappa shape index (κ3) is 5.99. The van der Waals surface area contributed by atoms with Crippen molar-refractivity contribution in [2.75, 3.05) is 13.2 Å². The molecular weight excluding hydrogens is 400 g/mol. The van der Waals surface area contributed by atoms with Gasteiger partial charge in [0.1, 0.15) is 5.75 Å². The Labute approximate surface area is 178 Å². The zero-order valence-electron chi connectivity index (χ0n) is 17.0. The Morgan fingerprint density at radius 1 is 1.10 bits per heavy atom. The van der Waals surface area contributed by atoms with Gasteiger partial charge in [0.2, 0.25) is 5.91 Å². The number of aromatic nitrogens is 2. The lowest BCUT2D eigenvalue weighted by Crippen LogP contribution is -2.32. The van der Waals surface area contributed by atoms with Gasteiger partial charge < -0.3 is 10.1 Å². The molecule has 1 aromatic heterocycles. The smallest absolute Gasteiger partial charge is 0.269 e. The highest BCUT2D eigenvalue weighted by Crippen LogP contribution is 2.19. The Bertz CT molecular complexity index is 1110. The molecule has 0 aliphatic rings. The number of nitro groups is 1. The average Bonchev–Trinajstić information content (AvgIpc) is 2.76. The van der Waals surface area contributed by atoms with Crippen molar-refractivity contribution in [1.82, 2.24) is 15.1 Å². The van der Waals surface area contributed by atoms with Crippen molar-refractivity contribution in [2.45, 2.75) is 19.9 Å². The van der Waals surface area contributed by atoms with Gasteiger partial charge in [0.15, 0.2) is 0 Å². The van der Waals surface area contributed by atoms with Gasteiger partial charge in [-0.3, -0.25) is 19.7 Å². The molecule has 31 heavy (non-hydrogen) atoms. The van der Waals surface area contributed by atoms with Crippen LogP contribution in [0.15, 0.2) is 65.5 Å². The van der Waals surface area contributed by atoms with Gasteiger partial charge in [-0.25, -0.2) is 4.68 Å². The maximum atomic E-state index is 12.1. The first-order valence-corrected chi connectivity index (χ1v) is 9.77. The molecule has 3 rings (SSSR count). The summed E-state index contributed by atoms with van der Waals surface area (Å²) in [6.07, 6.45) is 0.0898. The monoisotopic (exact) mass is 422 g/mol. The van der Waals surface area contributed by atoms with Crippen molar-refractivity contribution >= 4 is 11.6 Å². The SMILES string of the molecule is CCOc1ccc(-c2ccc(=O)n(CCNC(=O)Cc3ccc([N+](=O)[O-])cc3)n2)cc1. The molecule has 1 heterocycles. The molecule has 1 amide bonds. The molecule has 0 aliphatic carbocycles. The van der Waals surface area contributed by atoms with Gasteiger partial charge in [0, 0.05) is 30.3 Å². The highest BCUT2D eigenvalue weighted by molar-refractivity contribution is 5.78. The van der Waals surface area contributed by atoms with E-state index in [1.54, 1.807) is 18.2 Å². The number of hydrogen-bond acceptors (Lipinski definition) is 6. The van der Waals surface area contributed by atoms with Crippen LogP contribution in [0.2, 0.25) is 0 Å². The first-order valence-electron chi connectivity index (χ1n) is 9.77. The molecular formula is C22H22N4O5. The molecule has 0 fully saturated rings. The molecule has 0 saturated heterocycles. The second-order valence-electron chi connectivity index (χ2n) is 6.69. The van der Waals surface area contributed by atoms with Crippen LogP contribution in [-0.4, -0.2) is 33.8 Å². The molecule has 1 N–H and O–H groups in total. The number of nitrogens with zero attached hydrogens (tertiary/aromatic N) is 3. The molecule has 0 unspecified atom stereocenters. The molecule has 9 heteroatoms. The third-order valence-electron chi connectivity index (χ3n) is 4.49. The summed E-state index contributed by atoms with van der Waals surface area (Å²) < 4.78 is 6.73. The number of rotatable bonds is 9. The number of carbonyl (C=O) groups excluding carboxylic acids is 1. The number of non-ortho nitro benzene ring substituents is 1. The van der Waals surface area contributed by atoms with Gasteiger partial charge in [-0.05, 0) is 42.8 Å². The van der Waals surface area contributed by atoms with Crippen LogP contribution in [0.3, 0.4) is 0 Å². The molecule has 160 valence electrons. The van der Waals surface area contributed by atoms with Gasteiger partial charge in [-0.1, -0.05) is 12.1 Å². The Morgan fingerprint density at radius 2 is 1.81 bits per heavy atom. The number of nitro benzene ring substituents is 1. The van der Waals surface area contributed by atoms with Gasteiger partial charge in [-0.15, -0.1) is 0 Å². The Morgan fingerprint density at radius 3 is 2.45 bits per heavy atom. The molecule has 0 bridgehead atoms. The Hall–Kier alpha value is -4.01. The van der Waals surface area contributed by atoms with E-state index in [1.807, 2.05) is 31.2 Å². The fourth-order valence-electron chi connectivity index (χ4n) is 2.94. The predicted molar refractivity (Wildman–Crippen MR) is 115 cm³/mol. The van der Waals surface area contributed by atoms with Crippen LogP contribution >= 0.6 is 0 Å². The van der Waals surface area contributed by atoms with E-state index in [9.17, 15) is 19.7 Å². The second kappa shape index (κ2) is 10.1. The summed E-state index contributed by atoms with van der Waals surface area (Å²) >= 11 is 0. The fourth-order valence-corrected chi connectivity index (χ4v) is 2.94. The number of ether oxygens (including phenoxy) is 1. The van der Waals surface area contributed by atoms with Crippen LogP contribution in [-0.2, 0) is 17.8 Å². The van der Waals surface area contributed by atoms with Crippen LogP contribution in [0.4, 0.5) is 5.69 Å². The van der Waals surface area contributed by atoms with Crippen LogP contribution < -0.4 is 15.6 Å². The summed E-state index contributed by atoms with van der Waals surface area (Å²) in [6.45, 7) is 2.94. The molecule has 0 radical (unpaired) electrons. The topological polar surface area (TPSA) is 116 Å². The summed E-state index contributed by atoms with van der Waals surface area (Å²) in [7, 11) is 0. The maximum Gasteiger partial charge on any atom is 0.269 e. The lowest BCUT2D eigenvalue weighted by atomic mass is 10.1. The van der Waals surface area contributed by atoms with Crippen molar-refractivity contribution in [3.63, 3.8) is 0 Å². The first kappa shape index (κ1) is 21.7. The largest absolute Gasteiger partial charge is 0.494 e. The van der Waals surface area contributed by atoms with Crippen LogP contribution in [0.5, 0.6) is 5.75 Å². The van der Waals surface area contributed by atoms with Crippen molar-refractivity contribution < 1.29 is 14.5 Å². The molecule has 0 saturated carbocycles. The quantitative estimate of drug-likeness (QED) is 0.418. The highest BCUT2D eigenvalue weighted by atomic mass is 16.6. The second-order valence-corrected chi connectivity index (χ2v) is 6.69. The van der Waals surface area contributed by atoms with Crippen molar-refractivity contribution in [1.29, 1.82) is 0 Å². The minimum atomic E-state index is -0.490. The third-order valence-corrected chi connectivity index (χ3v) is 4.49. The lowest BCUT2D eigenvalue weighted by molar-refractivity contribution is -0.384. The van der Waals surface area contributed by atoms with Crippen LogP contribution in [0.1, 0.15) is 12.5 Å². The van der Waals surface area contributed by atoms with E-state index in [1.165, 1.54) is 22.9 Å². The minimum Gasteiger partial charge on any atom is -0.494 e. The van der Waals surface area contributed by atoms with E-state index in [-0.39, 0.29) is 36.7 Å². The van der Waals surface area contributed by atoms with E-state index in [4.69, 9.17) is 4.74 Å². The lowest BCUT2D eigenvalue weighted by Gasteiger charge is -2.09. The van der Waals surface area contributed by atoms with E-state index < -0.39 is 4.92 Å². The van der Waals surface area contributed by atoms with E-state index in [0.29, 0.717) is 17.9 Å². The summed E-state index contributed by atoms with van der Waals surface area (Å²) in [5.74, 6) is 0.514. The number of nitrogens with one attached hydrogen (secondary N) is 1. The van der Waals surface area contributed by atoms with Gasteiger partial charge in [0.05, 0.1) is 30.2 Å². The Balaban J connectivity index is 1.57. The zero-order valence-corrected chi connectivity index (χ0v) is 17.0. The fraction of sp³-hybridized carbons (Fsp3) is 0.227.